The first kappa shape index (κ1) is 34.0. The lowest BCUT2D eigenvalue weighted by molar-refractivity contribution is 0.277. The van der Waals surface area contributed by atoms with Crippen LogP contribution in [0.3, 0.4) is 0 Å². The molecular weight excluding hydrogens is 557 g/mol. The predicted octanol–water partition coefficient (Wildman–Crippen LogP) is 4.57. The van der Waals surface area contributed by atoms with Crippen molar-refractivity contribution in [3.8, 4) is 0 Å². The molecule has 0 rings (SSSR count). The Morgan fingerprint density at radius 1 is 0.656 bits per heavy atom. The lowest BCUT2D eigenvalue weighted by Crippen LogP contribution is -2.20. The van der Waals surface area contributed by atoms with E-state index < -0.39 is 18.6 Å². The maximum absolute atomic E-state index is 5.45. The predicted molar refractivity (Wildman–Crippen MR) is 166 cm³/mol. The molecule has 0 radical (unpaired) electrons. The lowest BCUT2D eigenvalue weighted by Gasteiger charge is -2.20. The summed E-state index contributed by atoms with van der Waals surface area (Å²) in [5, 5.41) is 0. The molecule has 0 aromatic rings. The van der Waals surface area contributed by atoms with Crippen LogP contribution in [0.1, 0.15) is 12.8 Å². The first-order valence-electron chi connectivity index (χ1n) is 10.3. The van der Waals surface area contributed by atoms with E-state index in [-0.39, 0.29) is 21.0 Å². The summed E-state index contributed by atoms with van der Waals surface area (Å²) < 4.78 is 24.7. The van der Waals surface area contributed by atoms with E-state index in [9.17, 15) is 0 Å². The zero-order valence-corrected chi connectivity index (χ0v) is 28.6. The molecule has 0 aliphatic rings. The molecule has 0 saturated heterocycles. The van der Waals surface area contributed by atoms with Crippen LogP contribution in [0, 0.1) is 0 Å². The number of hydrogen-bond donors (Lipinski definition) is 0. The van der Waals surface area contributed by atoms with E-state index >= 15 is 0 Å². The van der Waals surface area contributed by atoms with Gasteiger partial charge in [-0.2, -0.15) is 21.0 Å². The minimum absolute atomic E-state index is 0.237. The van der Waals surface area contributed by atoms with Gasteiger partial charge in [0.05, 0.1) is 8.64 Å². The molecule has 0 amide bonds. The maximum atomic E-state index is 5.45. The molecule has 0 aliphatic carbocycles. The van der Waals surface area contributed by atoms with Gasteiger partial charge in [-0.3, -0.25) is 9.80 Å². The second kappa shape index (κ2) is 21.2. The monoisotopic (exact) mass is 600 g/mol. The van der Waals surface area contributed by atoms with Crippen molar-refractivity contribution in [3.63, 3.8) is 0 Å². The summed E-state index contributed by atoms with van der Waals surface area (Å²) in [7, 11) is 20.8. The first-order chi connectivity index (χ1) is 15.2. The molecule has 0 bridgehead atoms. The summed E-state index contributed by atoms with van der Waals surface area (Å²) >= 11 is 0. The minimum atomic E-state index is -1.44. The zero-order valence-electron chi connectivity index (χ0n) is 21.4. The summed E-state index contributed by atoms with van der Waals surface area (Å²) in [6.07, 6.45) is 7.04. The number of nitrogens with zero attached hydrogens (tertiary/aromatic N) is 2. The molecule has 0 fully saturated rings. The van der Waals surface area contributed by atoms with Gasteiger partial charge in [0.2, 0.25) is 0 Å². The summed E-state index contributed by atoms with van der Waals surface area (Å²) in [4.78, 5) is 4.56. The standard InChI is InChI=1S/C18H44N2O4S6Si2/c1-19(2)17(29(9)13-11-15-31(21-5)22-6)25-27-28-26-18(20(3)4)30(10)14-12-16-32(23-7)24-8/h31-32H,11-16H2,1-10H3. The van der Waals surface area contributed by atoms with E-state index in [0.29, 0.717) is 0 Å². The molecule has 0 spiro atoms. The van der Waals surface area contributed by atoms with E-state index in [1.807, 2.05) is 41.2 Å². The molecule has 0 N–H and O–H groups in total. The third kappa shape index (κ3) is 15.2. The van der Waals surface area contributed by atoms with Crippen LogP contribution in [0.5, 0.6) is 0 Å². The van der Waals surface area contributed by atoms with Gasteiger partial charge in [0.15, 0.2) is 0 Å². The van der Waals surface area contributed by atoms with Crippen molar-refractivity contribution >= 4 is 89.4 Å². The highest BCUT2D eigenvalue weighted by atomic mass is 33.7. The molecule has 32 heavy (non-hydrogen) atoms. The van der Waals surface area contributed by atoms with Crippen LogP contribution in [0.15, 0.2) is 0 Å². The molecule has 0 aliphatic heterocycles. The second-order valence-corrected chi connectivity index (χ2v) is 22.5. The quantitative estimate of drug-likeness (QED) is 0.116. The fraction of sp³-hybridized carbons (Fsp3) is 0.889. The van der Waals surface area contributed by atoms with Gasteiger partial charge in [-0.15, -0.1) is 0 Å². The topological polar surface area (TPSA) is 43.4 Å². The highest BCUT2D eigenvalue weighted by Gasteiger charge is 2.14. The zero-order chi connectivity index (χ0) is 24.5. The third-order valence-corrected chi connectivity index (χ3v) is 20.8. The molecule has 0 saturated carbocycles. The van der Waals surface area contributed by atoms with Gasteiger partial charge < -0.3 is 17.7 Å². The minimum Gasteiger partial charge on any atom is -0.400 e. The van der Waals surface area contributed by atoms with Crippen molar-refractivity contribution < 1.29 is 17.7 Å². The Kier molecular flexibility index (Phi) is 22.5. The Hall–Kier alpha value is 2.03. The second-order valence-electron chi connectivity index (χ2n) is 7.39. The molecule has 2 unspecified atom stereocenters. The largest absolute Gasteiger partial charge is 0.400 e. The molecule has 2 atom stereocenters. The van der Waals surface area contributed by atoms with Gasteiger partial charge in [0, 0.05) is 28.4 Å². The van der Waals surface area contributed by atoms with Gasteiger partial charge in [-0.05, 0) is 118 Å². The molecule has 0 heterocycles. The SMILES string of the molecule is CO[SiH](CCCS(C)=C(SSSSC(N(C)C)=S(C)CCC[SiH](OC)OC)N(C)C)OC. The highest BCUT2D eigenvalue weighted by molar-refractivity contribution is 9.29. The van der Waals surface area contributed by atoms with E-state index in [4.69, 9.17) is 17.7 Å². The average Bonchev–Trinajstić information content (AvgIpc) is 2.75. The van der Waals surface area contributed by atoms with Crippen LogP contribution in [-0.2, 0) is 17.7 Å². The number of rotatable bonds is 15. The van der Waals surface area contributed by atoms with Gasteiger partial charge in [-0.1, -0.05) is 0 Å². The Labute approximate surface area is 221 Å². The summed E-state index contributed by atoms with van der Waals surface area (Å²) in [5.41, 5.74) is 0. The molecular formula is C18H44N2O4S6Si2. The normalized spacial score (nSPS) is 15.2. The first-order valence-corrected chi connectivity index (χ1v) is 22.3. The van der Waals surface area contributed by atoms with Crippen LogP contribution < -0.4 is 0 Å². The fourth-order valence-electron chi connectivity index (χ4n) is 2.75. The van der Waals surface area contributed by atoms with Crippen LogP contribution >= 0.6 is 62.2 Å². The molecule has 0 aromatic carbocycles. The van der Waals surface area contributed by atoms with Crippen molar-refractivity contribution in [2.24, 2.45) is 0 Å². The van der Waals surface area contributed by atoms with E-state index in [1.54, 1.807) is 28.4 Å². The Morgan fingerprint density at radius 2 is 0.969 bits per heavy atom. The Balaban J connectivity index is 4.71. The van der Waals surface area contributed by atoms with Gasteiger partial charge in [0.25, 0.3) is 0 Å². The van der Waals surface area contributed by atoms with Crippen molar-refractivity contribution in [3.05, 3.63) is 0 Å². The Morgan fingerprint density at radius 3 is 1.22 bits per heavy atom. The van der Waals surface area contributed by atoms with Gasteiger partial charge in [0.1, 0.15) is 0 Å². The van der Waals surface area contributed by atoms with Gasteiger partial charge >= 0.3 is 18.6 Å². The summed E-state index contributed by atoms with van der Waals surface area (Å²) in [6.45, 7) is 0. The van der Waals surface area contributed by atoms with Crippen LogP contribution in [0.25, 0.3) is 0 Å². The molecule has 6 nitrogen and oxygen atoms in total. The highest BCUT2D eigenvalue weighted by Crippen LogP contribution is 2.47. The van der Waals surface area contributed by atoms with Gasteiger partial charge in [-0.25, -0.2) is 0 Å². The van der Waals surface area contributed by atoms with Crippen molar-refractivity contribution in [2.75, 3.05) is 80.6 Å². The van der Waals surface area contributed by atoms with Crippen LogP contribution in [0.4, 0.5) is 0 Å². The fourth-order valence-corrected chi connectivity index (χ4v) is 18.5. The van der Waals surface area contributed by atoms with Crippen molar-refractivity contribution in [2.45, 2.75) is 24.9 Å². The Bertz CT molecular complexity index is 518. The molecule has 14 heteroatoms. The van der Waals surface area contributed by atoms with Crippen molar-refractivity contribution in [1.82, 2.24) is 9.80 Å². The van der Waals surface area contributed by atoms with E-state index in [0.717, 1.165) is 24.9 Å². The van der Waals surface area contributed by atoms with E-state index in [2.05, 4.69) is 50.5 Å². The molecule has 194 valence electrons. The summed E-state index contributed by atoms with van der Waals surface area (Å²) in [5.74, 6) is 2.38. The molecule has 0 aromatic heterocycles. The third-order valence-electron chi connectivity index (χ3n) is 4.40. The smallest absolute Gasteiger partial charge is 0.320 e. The summed E-state index contributed by atoms with van der Waals surface area (Å²) in [6, 6.07) is 2.15. The average molecular weight is 601 g/mol. The van der Waals surface area contributed by atoms with E-state index in [1.165, 1.54) is 20.1 Å². The lowest BCUT2D eigenvalue weighted by atomic mass is 10.6. The maximum Gasteiger partial charge on any atom is 0.320 e. The van der Waals surface area contributed by atoms with Crippen LogP contribution in [0.2, 0.25) is 12.1 Å². The van der Waals surface area contributed by atoms with Crippen molar-refractivity contribution in [1.29, 1.82) is 0 Å². The van der Waals surface area contributed by atoms with Crippen LogP contribution in [-0.4, -0.2) is 118 Å². The number of hydrogen-bond acceptors (Lipinski definition) is 8.